The van der Waals surface area contributed by atoms with Crippen LogP contribution in [-0.2, 0) is 21.2 Å². The quantitative estimate of drug-likeness (QED) is 0.809. The van der Waals surface area contributed by atoms with Crippen LogP contribution >= 0.6 is 0 Å². The Kier molecular flexibility index (Phi) is 4.45. The van der Waals surface area contributed by atoms with E-state index < -0.39 is 22.3 Å². The Morgan fingerprint density at radius 1 is 1.08 bits per heavy atom. The number of halogens is 2. The summed E-state index contributed by atoms with van der Waals surface area (Å²) in [4.78, 5) is 10.4. The van der Waals surface area contributed by atoms with Crippen molar-refractivity contribution in [2.45, 2.75) is 24.0 Å². The first-order valence-electron chi connectivity index (χ1n) is 7.36. The van der Waals surface area contributed by atoms with Gasteiger partial charge < -0.3 is 19.4 Å². The first-order valence-corrected chi connectivity index (χ1v) is 8.84. The van der Waals surface area contributed by atoms with Crippen molar-refractivity contribution in [1.82, 2.24) is 0 Å². The van der Waals surface area contributed by atoms with Gasteiger partial charge in [0.15, 0.2) is 11.5 Å². The topological polar surface area (TPSA) is 105 Å². The van der Waals surface area contributed by atoms with Crippen molar-refractivity contribution in [3.63, 3.8) is 0 Å². The zero-order valence-corrected chi connectivity index (χ0v) is 13.9. The van der Waals surface area contributed by atoms with E-state index in [1.54, 1.807) is 0 Å². The Bertz CT molecular complexity index is 944. The van der Waals surface area contributed by atoms with Crippen LogP contribution in [0.3, 0.4) is 0 Å². The number of carbonyl (C=O) groups excluding carboxylic acids is 1. The zero-order chi connectivity index (χ0) is 18.9. The summed E-state index contributed by atoms with van der Waals surface area (Å²) in [6.07, 6.45) is -3.75. The smallest absolute Gasteiger partial charge is 0.550 e. The summed E-state index contributed by atoms with van der Waals surface area (Å²) in [7, 11) is -3.97. The maximum absolute atomic E-state index is 13.0. The van der Waals surface area contributed by atoms with Crippen LogP contribution in [0.5, 0.6) is 11.5 Å². The molecular weight excluding hydrogens is 372 g/mol. The van der Waals surface area contributed by atoms with Crippen molar-refractivity contribution in [2.24, 2.45) is 0 Å². The van der Waals surface area contributed by atoms with Gasteiger partial charge in [-0.1, -0.05) is 12.1 Å². The summed E-state index contributed by atoms with van der Waals surface area (Å²) >= 11 is 0. The van der Waals surface area contributed by atoms with Crippen LogP contribution in [0.25, 0.3) is 0 Å². The molecule has 0 atom stereocenters. The molecule has 26 heavy (non-hydrogen) atoms. The molecule has 0 saturated carbocycles. The number of anilines is 1. The monoisotopic (exact) mass is 384 g/mol. The van der Waals surface area contributed by atoms with Crippen molar-refractivity contribution in [3.05, 3.63) is 48.0 Å². The minimum absolute atomic E-state index is 0.0195. The number of alkyl halides is 2. The highest BCUT2D eigenvalue weighted by Gasteiger charge is 2.43. The summed E-state index contributed by atoms with van der Waals surface area (Å²) < 4.78 is 61.5. The maximum Gasteiger partial charge on any atom is 0.586 e. The average Bonchev–Trinajstić information content (AvgIpc) is 2.86. The molecule has 0 aliphatic carbocycles. The summed E-state index contributed by atoms with van der Waals surface area (Å²) in [6, 6.07) is 9.10. The van der Waals surface area contributed by atoms with E-state index in [0.29, 0.717) is 5.56 Å². The minimum atomic E-state index is -3.97. The SMILES string of the molecule is O=C([O-])CCc1ccc(S(=O)(=O)Nc2ccc3c(c2)OC(F)(F)O3)cc1. The highest BCUT2D eigenvalue weighted by Crippen LogP contribution is 2.42. The zero-order valence-electron chi connectivity index (χ0n) is 13.1. The first kappa shape index (κ1) is 17.9. The molecule has 10 heteroatoms. The first-order chi connectivity index (χ1) is 12.1. The van der Waals surface area contributed by atoms with Crippen LogP contribution in [0.2, 0.25) is 0 Å². The number of hydrogen-bond acceptors (Lipinski definition) is 6. The molecule has 0 unspecified atom stereocenters. The largest absolute Gasteiger partial charge is 0.586 e. The van der Waals surface area contributed by atoms with Crippen LogP contribution in [0.15, 0.2) is 47.4 Å². The lowest BCUT2D eigenvalue weighted by molar-refractivity contribution is -0.305. The van der Waals surface area contributed by atoms with Gasteiger partial charge in [0.25, 0.3) is 10.0 Å². The minimum Gasteiger partial charge on any atom is -0.550 e. The number of hydrogen-bond donors (Lipinski definition) is 1. The van der Waals surface area contributed by atoms with Crippen LogP contribution in [-0.4, -0.2) is 20.7 Å². The molecule has 0 spiro atoms. The third-order valence-corrected chi connectivity index (χ3v) is 4.90. The Morgan fingerprint density at radius 3 is 2.38 bits per heavy atom. The number of aryl methyl sites for hydroxylation is 1. The van der Waals surface area contributed by atoms with E-state index in [1.165, 1.54) is 30.3 Å². The van der Waals surface area contributed by atoms with Gasteiger partial charge in [-0.05, 0) is 42.7 Å². The van der Waals surface area contributed by atoms with Gasteiger partial charge in [-0.3, -0.25) is 4.72 Å². The third-order valence-electron chi connectivity index (χ3n) is 3.50. The Morgan fingerprint density at radius 2 is 1.73 bits per heavy atom. The number of benzene rings is 2. The van der Waals surface area contributed by atoms with E-state index in [4.69, 9.17) is 0 Å². The van der Waals surface area contributed by atoms with Crippen molar-refractivity contribution in [2.75, 3.05) is 4.72 Å². The van der Waals surface area contributed by atoms with Gasteiger partial charge >= 0.3 is 6.29 Å². The van der Waals surface area contributed by atoms with E-state index in [0.717, 1.165) is 12.1 Å². The molecule has 7 nitrogen and oxygen atoms in total. The second-order valence-electron chi connectivity index (χ2n) is 5.45. The summed E-state index contributed by atoms with van der Waals surface area (Å²) in [6.45, 7) is 0. The summed E-state index contributed by atoms with van der Waals surface area (Å²) in [5.74, 6) is -1.68. The fourth-order valence-corrected chi connectivity index (χ4v) is 3.36. The van der Waals surface area contributed by atoms with Gasteiger partial charge in [0.1, 0.15) is 0 Å². The Labute approximate surface area is 147 Å². The highest BCUT2D eigenvalue weighted by molar-refractivity contribution is 7.92. The number of rotatable bonds is 6. The number of fused-ring (bicyclic) bond motifs is 1. The van der Waals surface area contributed by atoms with Crippen molar-refractivity contribution >= 4 is 21.7 Å². The van der Waals surface area contributed by atoms with Gasteiger partial charge in [-0.2, -0.15) is 0 Å². The fraction of sp³-hybridized carbons (Fsp3) is 0.188. The number of ether oxygens (including phenoxy) is 2. The molecule has 1 N–H and O–H groups in total. The van der Waals surface area contributed by atoms with E-state index >= 15 is 0 Å². The van der Waals surface area contributed by atoms with Crippen molar-refractivity contribution in [3.8, 4) is 11.5 Å². The Hall–Kier alpha value is -2.88. The third kappa shape index (κ3) is 4.02. The average molecular weight is 384 g/mol. The van der Waals surface area contributed by atoms with E-state index in [2.05, 4.69) is 14.2 Å². The normalized spacial score (nSPS) is 14.8. The molecule has 0 radical (unpaired) electrons. The fourth-order valence-electron chi connectivity index (χ4n) is 2.31. The second-order valence-corrected chi connectivity index (χ2v) is 7.13. The molecule has 3 rings (SSSR count). The molecule has 0 saturated heterocycles. The number of sulfonamides is 1. The molecule has 1 aliphatic heterocycles. The van der Waals surface area contributed by atoms with Crippen LogP contribution in [0.4, 0.5) is 14.5 Å². The molecule has 0 fully saturated rings. The molecule has 1 aliphatic rings. The molecule has 1 heterocycles. The number of nitrogens with one attached hydrogen (secondary N) is 1. The number of carboxylic acid groups (broad SMARTS) is 1. The van der Waals surface area contributed by atoms with Gasteiger partial charge in [-0.25, -0.2) is 8.42 Å². The lowest BCUT2D eigenvalue weighted by Gasteiger charge is -2.09. The van der Waals surface area contributed by atoms with Crippen LogP contribution in [0, 0.1) is 0 Å². The van der Waals surface area contributed by atoms with E-state index in [-0.39, 0.29) is 34.9 Å². The predicted octanol–water partition coefficient (Wildman–Crippen LogP) is 1.49. The molecular formula is C16H12F2NO6S-. The van der Waals surface area contributed by atoms with Gasteiger partial charge in [0.2, 0.25) is 0 Å². The molecule has 0 aromatic heterocycles. The number of aliphatic carboxylic acids is 1. The van der Waals surface area contributed by atoms with Crippen LogP contribution < -0.4 is 19.3 Å². The highest BCUT2D eigenvalue weighted by atomic mass is 32.2. The van der Waals surface area contributed by atoms with Gasteiger partial charge in [-0.15, -0.1) is 8.78 Å². The summed E-state index contributed by atoms with van der Waals surface area (Å²) in [5, 5.41) is 10.4. The molecule has 138 valence electrons. The van der Waals surface area contributed by atoms with Crippen molar-refractivity contribution < 1.29 is 36.6 Å². The number of carboxylic acids is 1. The van der Waals surface area contributed by atoms with Gasteiger partial charge in [0, 0.05) is 12.0 Å². The molecule has 2 aromatic carbocycles. The predicted molar refractivity (Wildman–Crippen MR) is 83.2 cm³/mol. The van der Waals surface area contributed by atoms with Crippen LogP contribution in [0.1, 0.15) is 12.0 Å². The molecule has 0 bridgehead atoms. The summed E-state index contributed by atoms with van der Waals surface area (Å²) in [5.41, 5.74) is 0.657. The maximum atomic E-state index is 13.0. The second kappa shape index (κ2) is 6.45. The molecule has 0 amide bonds. The van der Waals surface area contributed by atoms with Crippen molar-refractivity contribution in [1.29, 1.82) is 0 Å². The number of carbonyl (C=O) groups is 1. The van der Waals surface area contributed by atoms with E-state index in [1.807, 2.05) is 0 Å². The standard InChI is InChI=1S/C16H13F2NO6S/c17-16(18)24-13-7-4-11(9-14(13)25-16)19-26(22,23)12-5-1-10(2-6-12)3-8-15(20)21/h1-2,4-7,9,19H,3,8H2,(H,20,21)/p-1. The van der Waals surface area contributed by atoms with E-state index in [9.17, 15) is 27.1 Å². The lowest BCUT2D eigenvalue weighted by Crippen LogP contribution is -2.25. The van der Waals surface area contributed by atoms with Gasteiger partial charge in [0.05, 0.1) is 10.6 Å². The molecule has 2 aromatic rings. The Balaban J connectivity index is 1.74. The lowest BCUT2D eigenvalue weighted by atomic mass is 10.1.